The Kier molecular flexibility index (Phi) is 6.60. The van der Waals surface area contributed by atoms with Gasteiger partial charge in [0.05, 0.1) is 0 Å². The van der Waals surface area contributed by atoms with Crippen molar-refractivity contribution >= 4 is 32.3 Å². The van der Waals surface area contributed by atoms with Crippen LogP contribution in [0, 0.1) is 0 Å². The monoisotopic (exact) mass is 700 g/mol. The van der Waals surface area contributed by atoms with E-state index in [0.29, 0.717) is 16.5 Å². The Hall–Kier alpha value is -7.06. The highest BCUT2D eigenvalue weighted by molar-refractivity contribution is 6.30. The lowest BCUT2D eigenvalue weighted by atomic mass is 9.81. The molecule has 1 aliphatic rings. The highest BCUT2D eigenvalue weighted by Gasteiger charge is 2.36. The summed E-state index contributed by atoms with van der Waals surface area (Å²) in [5.74, 6) is -7.31. The predicted molar refractivity (Wildman–Crippen MR) is 206 cm³/mol. The Balaban J connectivity index is 1.42. The first-order valence-electron chi connectivity index (χ1n) is 17.0. The topological polar surface area (TPSA) is 162 Å². The molecular weight excluding hydrogens is 668 g/mol. The number of phenolic OH excluding ortho intramolecular Hbond substituents is 8. The van der Waals surface area contributed by atoms with Crippen LogP contribution < -0.4 is 0 Å². The van der Waals surface area contributed by atoms with Crippen LogP contribution in [-0.4, -0.2) is 40.9 Å². The first-order valence-corrected chi connectivity index (χ1v) is 17.0. The second kappa shape index (κ2) is 11.0. The fourth-order valence-electron chi connectivity index (χ4n) is 8.36. The van der Waals surface area contributed by atoms with E-state index in [1.807, 2.05) is 42.5 Å². The summed E-state index contributed by atoms with van der Waals surface area (Å²) >= 11 is 0. The van der Waals surface area contributed by atoms with E-state index in [4.69, 9.17) is 0 Å². The number of benzene rings is 8. The molecule has 53 heavy (non-hydrogen) atoms. The van der Waals surface area contributed by atoms with Gasteiger partial charge in [0.1, 0.15) is 0 Å². The van der Waals surface area contributed by atoms with Crippen molar-refractivity contribution in [1.82, 2.24) is 0 Å². The molecule has 8 nitrogen and oxygen atoms in total. The summed E-state index contributed by atoms with van der Waals surface area (Å²) in [6, 6.07) is 34.2. The zero-order chi connectivity index (χ0) is 37.1. The van der Waals surface area contributed by atoms with E-state index in [-0.39, 0.29) is 38.1 Å². The molecule has 260 valence electrons. The molecule has 8 aromatic carbocycles. The highest BCUT2D eigenvalue weighted by atomic mass is 16.4. The van der Waals surface area contributed by atoms with Crippen molar-refractivity contribution < 1.29 is 40.9 Å². The molecule has 0 unspecified atom stereocenters. The van der Waals surface area contributed by atoms with E-state index in [2.05, 4.69) is 38.1 Å². The largest absolute Gasteiger partial charge is 0.504 e. The van der Waals surface area contributed by atoms with Gasteiger partial charge in [-0.3, -0.25) is 0 Å². The van der Waals surface area contributed by atoms with Gasteiger partial charge in [0, 0.05) is 38.1 Å². The van der Waals surface area contributed by atoms with Crippen LogP contribution in [0.1, 0.15) is 25.0 Å². The Morgan fingerprint density at radius 2 is 0.830 bits per heavy atom. The summed E-state index contributed by atoms with van der Waals surface area (Å²) in [5.41, 5.74) is 6.78. The maximum absolute atomic E-state index is 11.7. The quantitative estimate of drug-likeness (QED) is 0.0513. The van der Waals surface area contributed by atoms with Crippen LogP contribution in [0.25, 0.3) is 76.8 Å². The van der Waals surface area contributed by atoms with Gasteiger partial charge in [0.15, 0.2) is 23.0 Å². The SMILES string of the molecule is CC1(C)c2ccccc2-c2ccc(-c3cccc(-c4c5c(O)c(O)c(O)c(O)c5c(-c5cccc6ccccc56)c5c(O)c(O)c(O)c(O)c45)c3)cc21. The highest BCUT2D eigenvalue weighted by Crippen LogP contribution is 2.62. The van der Waals surface area contributed by atoms with E-state index >= 15 is 0 Å². The number of rotatable bonds is 3. The van der Waals surface area contributed by atoms with Crippen molar-refractivity contribution in [2.75, 3.05) is 0 Å². The van der Waals surface area contributed by atoms with Gasteiger partial charge >= 0.3 is 0 Å². The molecule has 0 amide bonds. The molecule has 0 bridgehead atoms. The smallest absolute Gasteiger partial charge is 0.204 e. The average Bonchev–Trinajstić information content (AvgIpc) is 3.41. The molecular formula is C45H32O8. The van der Waals surface area contributed by atoms with E-state index in [9.17, 15) is 40.9 Å². The summed E-state index contributed by atoms with van der Waals surface area (Å²) < 4.78 is 0. The third-order valence-electron chi connectivity index (χ3n) is 10.9. The molecule has 0 saturated carbocycles. The van der Waals surface area contributed by atoms with Crippen molar-refractivity contribution in [3.8, 4) is 90.5 Å². The van der Waals surface area contributed by atoms with Crippen molar-refractivity contribution in [2.45, 2.75) is 19.3 Å². The molecule has 8 N–H and O–H groups in total. The van der Waals surface area contributed by atoms with E-state index in [0.717, 1.165) is 27.6 Å². The van der Waals surface area contributed by atoms with Crippen LogP contribution in [0.3, 0.4) is 0 Å². The Bertz CT molecular complexity index is 2820. The lowest BCUT2D eigenvalue weighted by molar-refractivity contribution is 0.350. The maximum atomic E-state index is 11.7. The third-order valence-corrected chi connectivity index (χ3v) is 10.9. The minimum Gasteiger partial charge on any atom is -0.504 e. The van der Waals surface area contributed by atoms with Gasteiger partial charge in [0.25, 0.3) is 0 Å². The Morgan fingerprint density at radius 1 is 0.358 bits per heavy atom. The molecule has 0 saturated heterocycles. The molecule has 8 heteroatoms. The number of aromatic hydroxyl groups is 8. The van der Waals surface area contributed by atoms with Gasteiger partial charge in [-0.1, -0.05) is 111 Å². The fourth-order valence-corrected chi connectivity index (χ4v) is 8.36. The van der Waals surface area contributed by atoms with E-state index in [1.165, 1.54) is 11.1 Å². The second-order valence-electron chi connectivity index (χ2n) is 14.1. The zero-order valence-corrected chi connectivity index (χ0v) is 28.5. The fraction of sp³-hybridized carbons (Fsp3) is 0.0667. The molecule has 9 rings (SSSR count). The number of hydrogen-bond donors (Lipinski definition) is 8. The molecule has 0 heterocycles. The van der Waals surface area contributed by atoms with Gasteiger partial charge in [-0.25, -0.2) is 0 Å². The van der Waals surface area contributed by atoms with Gasteiger partial charge in [-0.2, -0.15) is 0 Å². The average molecular weight is 701 g/mol. The molecule has 0 atom stereocenters. The lowest BCUT2D eigenvalue weighted by Crippen LogP contribution is -2.14. The maximum Gasteiger partial charge on any atom is 0.204 e. The van der Waals surface area contributed by atoms with Crippen molar-refractivity contribution in [3.05, 3.63) is 120 Å². The third kappa shape index (κ3) is 4.23. The van der Waals surface area contributed by atoms with Crippen LogP contribution in [0.5, 0.6) is 46.0 Å². The van der Waals surface area contributed by atoms with E-state index in [1.54, 1.807) is 42.5 Å². The Morgan fingerprint density at radius 3 is 1.49 bits per heavy atom. The molecule has 0 aliphatic heterocycles. The number of hydrogen-bond acceptors (Lipinski definition) is 8. The van der Waals surface area contributed by atoms with Crippen LogP contribution in [0.2, 0.25) is 0 Å². The normalized spacial score (nSPS) is 13.1. The van der Waals surface area contributed by atoms with Crippen molar-refractivity contribution in [3.63, 3.8) is 0 Å². The predicted octanol–water partition coefficient (Wildman–Crippen LogP) is 10.1. The number of phenols is 8. The summed E-state index contributed by atoms with van der Waals surface area (Å²) in [4.78, 5) is 0. The first kappa shape index (κ1) is 31.9. The van der Waals surface area contributed by atoms with Crippen molar-refractivity contribution in [2.24, 2.45) is 0 Å². The van der Waals surface area contributed by atoms with Crippen LogP contribution in [-0.2, 0) is 5.41 Å². The van der Waals surface area contributed by atoms with Crippen LogP contribution in [0.15, 0.2) is 109 Å². The second-order valence-corrected chi connectivity index (χ2v) is 14.1. The van der Waals surface area contributed by atoms with Crippen LogP contribution >= 0.6 is 0 Å². The minimum atomic E-state index is -1.01. The Labute approximate surface area is 302 Å². The summed E-state index contributed by atoms with van der Waals surface area (Å²) in [5, 5.41) is 91.2. The first-order chi connectivity index (χ1) is 25.4. The summed E-state index contributed by atoms with van der Waals surface area (Å²) in [6.45, 7) is 4.36. The van der Waals surface area contributed by atoms with Gasteiger partial charge < -0.3 is 40.9 Å². The molecule has 0 spiro atoms. The molecule has 1 aliphatic carbocycles. The minimum absolute atomic E-state index is 0.000863. The molecule has 0 fully saturated rings. The van der Waals surface area contributed by atoms with Crippen LogP contribution in [0.4, 0.5) is 0 Å². The zero-order valence-electron chi connectivity index (χ0n) is 28.5. The molecule has 8 aromatic rings. The molecule has 0 aromatic heterocycles. The summed E-state index contributed by atoms with van der Waals surface area (Å²) in [6.07, 6.45) is 0. The van der Waals surface area contributed by atoms with E-state index < -0.39 is 46.0 Å². The standard InChI is InChI=1S/C45H32O8/c1-45(2)29-16-6-5-14-26(29)27-18-17-23(20-30(27)45)22-11-7-12-24(19-22)31-33-35(39(48)43(52)41(50)37(33)46)32(28-15-8-10-21-9-3-4-13-25(21)28)36-34(31)38(47)42(51)44(53)40(36)49/h3-20,46-53H,1-2H3. The van der Waals surface area contributed by atoms with Crippen molar-refractivity contribution in [1.29, 1.82) is 0 Å². The van der Waals surface area contributed by atoms with Gasteiger partial charge in [-0.15, -0.1) is 0 Å². The number of fused-ring (bicyclic) bond motifs is 6. The van der Waals surface area contributed by atoms with Gasteiger partial charge in [0.2, 0.25) is 23.0 Å². The van der Waals surface area contributed by atoms with Gasteiger partial charge in [-0.05, 0) is 67.4 Å². The lowest BCUT2D eigenvalue weighted by Gasteiger charge is -2.23. The summed E-state index contributed by atoms with van der Waals surface area (Å²) in [7, 11) is 0. The molecule has 0 radical (unpaired) electrons.